The highest BCUT2D eigenvalue weighted by Crippen LogP contribution is 2.30. The molecule has 21 heavy (non-hydrogen) atoms. The highest BCUT2D eigenvalue weighted by Gasteiger charge is 2.10. The lowest BCUT2D eigenvalue weighted by Crippen LogP contribution is -2.12. The van der Waals surface area contributed by atoms with E-state index in [2.05, 4.69) is 21.2 Å². The third kappa shape index (κ3) is 3.55. The van der Waals surface area contributed by atoms with Crippen LogP contribution < -0.4 is 14.8 Å². The van der Waals surface area contributed by atoms with Crippen LogP contribution in [0.2, 0.25) is 0 Å². The van der Waals surface area contributed by atoms with Gasteiger partial charge in [0.05, 0.1) is 14.2 Å². The fraction of sp³-hybridized carbons (Fsp3) is 0.188. The van der Waals surface area contributed by atoms with Crippen molar-refractivity contribution >= 4 is 27.5 Å². The minimum absolute atomic E-state index is 0.169. The molecule has 0 spiro atoms. The Kier molecular flexibility index (Phi) is 4.85. The van der Waals surface area contributed by atoms with Gasteiger partial charge in [-0.25, -0.2) is 0 Å². The molecule has 0 fully saturated rings. The second kappa shape index (κ2) is 6.63. The van der Waals surface area contributed by atoms with Crippen LogP contribution in [0.15, 0.2) is 40.9 Å². The van der Waals surface area contributed by atoms with Crippen LogP contribution in [0.1, 0.15) is 15.9 Å². The second-order valence-corrected chi connectivity index (χ2v) is 5.34. The molecule has 2 aromatic rings. The Labute approximate surface area is 132 Å². The molecule has 0 heterocycles. The van der Waals surface area contributed by atoms with E-state index in [1.54, 1.807) is 38.5 Å². The zero-order valence-corrected chi connectivity index (χ0v) is 13.7. The molecule has 0 unspecified atom stereocenters. The van der Waals surface area contributed by atoms with E-state index in [9.17, 15) is 4.79 Å². The standard InChI is InChI=1S/C16H16BrNO3/c1-10-8-11(4-6-13(10)17)16(19)18-12-5-7-14(20-2)15(9-12)21-3/h4-9H,1-3H3,(H,18,19). The molecule has 0 saturated heterocycles. The summed E-state index contributed by atoms with van der Waals surface area (Å²) in [5.74, 6) is 1.02. The summed E-state index contributed by atoms with van der Waals surface area (Å²) < 4.78 is 11.4. The van der Waals surface area contributed by atoms with Gasteiger partial charge in [0.15, 0.2) is 11.5 Å². The molecule has 0 aliphatic rings. The van der Waals surface area contributed by atoms with Crippen LogP contribution in [0.3, 0.4) is 0 Å². The highest BCUT2D eigenvalue weighted by molar-refractivity contribution is 9.10. The molecule has 110 valence electrons. The van der Waals surface area contributed by atoms with Gasteiger partial charge in [0, 0.05) is 21.8 Å². The first-order chi connectivity index (χ1) is 10.0. The minimum atomic E-state index is -0.169. The Bertz CT molecular complexity index is 671. The minimum Gasteiger partial charge on any atom is -0.493 e. The monoisotopic (exact) mass is 349 g/mol. The SMILES string of the molecule is COc1ccc(NC(=O)c2ccc(Br)c(C)c2)cc1OC. The molecule has 2 rings (SSSR count). The molecule has 0 radical (unpaired) electrons. The molecule has 0 atom stereocenters. The van der Waals surface area contributed by atoms with Gasteiger partial charge in [0.25, 0.3) is 5.91 Å². The van der Waals surface area contributed by atoms with E-state index in [0.29, 0.717) is 22.7 Å². The van der Waals surface area contributed by atoms with Crippen molar-refractivity contribution in [1.82, 2.24) is 0 Å². The summed E-state index contributed by atoms with van der Waals surface area (Å²) in [6.07, 6.45) is 0. The summed E-state index contributed by atoms with van der Waals surface area (Å²) in [6, 6.07) is 10.7. The van der Waals surface area contributed by atoms with Gasteiger partial charge in [0.2, 0.25) is 0 Å². The third-order valence-electron chi connectivity index (χ3n) is 3.06. The first-order valence-corrected chi connectivity index (χ1v) is 7.14. The Morgan fingerprint density at radius 2 is 1.76 bits per heavy atom. The van der Waals surface area contributed by atoms with Gasteiger partial charge >= 0.3 is 0 Å². The van der Waals surface area contributed by atoms with E-state index in [1.807, 2.05) is 19.1 Å². The Hall–Kier alpha value is -2.01. The first-order valence-electron chi connectivity index (χ1n) is 6.34. The second-order valence-electron chi connectivity index (χ2n) is 4.49. The van der Waals surface area contributed by atoms with Gasteiger partial charge in [-0.1, -0.05) is 15.9 Å². The van der Waals surface area contributed by atoms with Crippen molar-refractivity contribution in [3.63, 3.8) is 0 Å². The molecule has 0 saturated carbocycles. The van der Waals surface area contributed by atoms with Crippen LogP contribution in [-0.2, 0) is 0 Å². The van der Waals surface area contributed by atoms with Crippen LogP contribution in [0.5, 0.6) is 11.5 Å². The van der Waals surface area contributed by atoms with Crippen molar-refractivity contribution < 1.29 is 14.3 Å². The van der Waals surface area contributed by atoms with E-state index in [-0.39, 0.29) is 5.91 Å². The number of ether oxygens (including phenoxy) is 2. The fourth-order valence-electron chi connectivity index (χ4n) is 1.90. The Morgan fingerprint density at radius 3 is 2.38 bits per heavy atom. The normalized spacial score (nSPS) is 10.1. The predicted molar refractivity (Wildman–Crippen MR) is 86.4 cm³/mol. The maximum Gasteiger partial charge on any atom is 0.255 e. The quantitative estimate of drug-likeness (QED) is 0.906. The fourth-order valence-corrected chi connectivity index (χ4v) is 2.15. The van der Waals surface area contributed by atoms with E-state index in [0.717, 1.165) is 10.0 Å². The van der Waals surface area contributed by atoms with Gasteiger partial charge in [-0.05, 0) is 42.8 Å². The molecule has 1 N–H and O–H groups in total. The van der Waals surface area contributed by atoms with Gasteiger partial charge < -0.3 is 14.8 Å². The number of methoxy groups -OCH3 is 2. The molecule has 1 amide bonds. The average Bonchev–Trinajstić information content (AvgIpc) is 2.49. The lowest BCUT2D eigenvalue weighted by Gasteiger charge is -2.11. The zero-order chi connectivity index (χ0) is 15.4. The van der Waals surface area contributed by atoms with E-state index >= 15 is 0 Å². The number of rotatable bonds is 4. The summed E-state index contributed by atoms with van der Waals surface area (Å²) in [5.41, 5.74) is 2.26. The van der Waals surface area contributed by atoms with Crippen molar-refractivity contribution in [2.24, 2.45) is 0 Å². The predicted octanol–water partition coefficient (Wildman–Crippen LogP) is 4.03. The number of amides is 1. The average molecular weight is 350 g/mol. The van der Waals surface area contributed by atoms with Gasteiger partial charge in [-0.15, -0.1) is 0 Å². The zero-order valence-electron chi connectivity index (χ0n) is 12.1. The van der Waals surface area contributed by atoms with Crippen LogP contribution in [0.25, 0.3) is 0 Å². The van der Waals surface area contributed by atoms with Gasteiger partial charge in [0.1, 0.15) is 0 Å². The molecule has 0 aromatic heterocycles. The summed E-state index contributed by atoms with van der Waals surface area (Å²) in [5, 5.41) is 2.84. The van der Waals surface area contributed by atoms with Crippen LogP contribution in [-0.4, -0.2) is 20.1 Å². The highest BCUT2D eigenvalue weighted by atomic mass is 79.9. The topological polar surface area (TPSA) is 47.6 Å². The molecular formula is C16H16BrNO3. The summed E-state index contributed by atoms with van der Waals surface area (Å²) in [6.45, 7) is 1.94. The number of hydrogen-bond acceptors (Lipinski definition) is 3. The molecule has 0 aliphatic heterocycles. The molecular weight excluding hydrogens is 334 g/mol. The number of carbonyl (C=O) groups excluding carboxylic acids is 1. The number of nitrogens with one attached hydrogen (secondary N) is 1. The molecule has 0 aliphatic carbocycles. The number of carbonyl (C=O) groups is 1. The Balaban J connectivity index is 2.21. The van der Waals surface area contributed by atoms with Crippen molar-refractivity contribution in [3.05, 3.63) is 52.0 Å². The summed E-state index contributed by atoms with van der Waals surface area (Å²) >= 11 is 3.42. The van der Waals surface area contributed by atoms with Crippen molar-refractivity contribution in [1.29, 1.82) is 0 Å². The van der Waals surface area contributed by atoms with Gasteiger partial charge in [-0.3, -0.25) is 4.79 Å². The van der Waals surface area contributed by atoms with E-state index < -0.39 is 0 Å². The smallest absolute Gasteiger partial charge is 0.255 e. The van der Waals surface area contributed by atoms with Crippen LogP contribution in [0, 0.1) is 6.92 Å². The third-order valence-corrected chi connectivity index (χ3v) is 3.95. The lowest BCUT2D eigenvalue weighted by molar-refractivity contribution is 0.102. The molecule has 5 heteroatoms. The van der Waals surface area contributed by atoms with Crippen molar-refractivity contribution in [2.75, 3.05) is 19.5 Å². The largest absolute Gasteiger partial charge is 0.493 e. The van der Waals surface area contributed by atoms with Crippen LogP contribution >= 0.6 is 15.9 Å². The molecule has 2 aromatic carbocycles. The molecule has 0 bridgehead atoms. The molecule has 4 nitrogen and oxygen atoms in total. The summed E-state index contributed by atoms with van der Waals surface area (Å²) in [7, 11) is 3.13. The lowest BCUT2D eigenvalue weighted by atomic mass is 10.1. The number of benzene rings is 2. The Morgan fingerprint density at radius 1 is 1.05 bits per heavy atom. The van der Waals surface area contributed by atoms with Gasteiger partial charge in [-0.2, -0.15) is 0 Å². The summed E-state index contributed by atoms with van der Waals surface area (Å²) in [4.78, 5) is 12.2. The van der Waals surface area contributed by atoms with E-state index in [4.69, 9.17) is 9.47 Å². The number of aryl methyl sites for hydroxylation is 1. The first kappa shape index (κ1) is 15.4. The van der Waals surface area contributed by atoms with Crippen molar-refractivity contribution in [3.8, 4) is 11.5 Å². The van der Waals surface area contributed by atoms with Crippen LogP contribution in [0.4, 0.5) is 5.69 Å². The van der Waals surface area contributed by atoms with Crippen molar-refractivity contribution in [2.45, 2.75) is 6.92 Å². The number of halogens is 1. The maximum atomic E-state index is 12.2. The number of anilines is 1. The maximum absolute atomic E-state index is 12.2. The number of hydrogen-bond donors (Lipinski definition) is 1. The van der Waals surface area contributed by atoms with E-state index in [1.165, 1.54) is 0 Å².